The fourth-order valence-corrected chi connectivity index (χ4v) is 2.34. The number of aromatic nitrogens is 3. The van der Waals surface area contributed by atoms with Crippen LogP contribution in [-0.4, -0.2) is 21.2 Å². The largest absolute Gasteiger partial charge is 0.307 e. The molecule has 0 aliphatic heterocycles. The minimum absolute atomic E-state index is 0.589. The molecule has 4 nitrogen and oxygen atoms in total. The van der Waals surface area contributed by atoms with Crippen LogP contribution in [0.3, 0.4) is 0 Å². The van der Waals surface area contributed by atoms with Crippen LogP contribution in [0.5, 0.6) is 0 Å². The van der Waals surface area contributed by atoms with Crippen molar-refractivity contribution >= 4 is 0 Å². The Kier molecular flexibility index (Phi) is 3.36. The molecule has 1 atom stereocenters. The fraction of sp³-hybridized carbons (Fsp3) is 0.818. The molecule has 1 aliphatic rings. The zero-order valence-electron chi connectivity index (χ0n) is 9.58. The van der Waals surface area contributed by atoms with Crippen molar-refractivity contribution in [3.8, 4) is 0 Å². The summed E-state index contributed by atoms with van der Waals surface area (Å²) in [7, 11) is 0. The van der Waals surface area contributed by atoms with E-state index in [1.54, 1.807) is 0 Å². The molecule has 0 saturated heterocycles. The number of nitrogens with one attached hydrogen (secondary N) is 2. The number of nitrogens with zero attached hydrogens (tertiary/aromatic N) is 2. The minimum atomic E-state index is 0.589. The second kappa shape index (κ2) is 4.75. The van der Waals surface area contributed by atoms with Crippen LogP contribution in [0, 0.1) is 12.8 Å². The summed E-state index contributed by atoms with van der Waals surface area (Å²) in [6.07, 6.45) is 5.55. The van der Waals surface area contributed by atoms with Crippen LogP contribution in [-0.2, 0) is 6.54 Å². The summed E-state index contributed by atoms with van der Waals surface area (Å²) in [4.78, 5) is 4.28. The molecule has 84 valence electrons. The maximum Gasteiger partial charge on any atom is 0.164 e. The molecule has 1 aromatic heterocycles. The second-order valence-electron chi connectivity index (χ2n) is 4.55. The lowest BCUT2D eigenvalue weighted by atomic mass is 10.00. The van der Waals surface area contributed by atoms with Crippen molar-refractivity contribution < 1.29 is 0 Å². The first-order chi connectivity index (χ1) is 7.25. The van der Waals surface area contributed by atoms with Crippen molar-refractivity contribution in [2.75, 3.05) is 0 Å². The van der Waals surface area contributed by atoms with Crippen LogP contribution in [0.15, 0.2) is 0 Å². The Morgan fingerprint density at radius 1 is 1.47 bits per heavy atom. The third-order valence-corrected chi connectivity index (χ3v) is 3.33. The van der Waals surface area contributed by atoms with Gasteiger partial charge >= 0.3 is 0 Å². The fourth-order valence-electron chi connectivity index (χ4n) is 2.34. The predicted molar refractivity (Wildman–Crippen MR) is 59.4 cm³/mol. The molecule has 1 heterocycles. The summed E-state index contributed by atoms with van der Waals surface area (Å²) in [5.41, 5.74) is 0. The van der Waals surface area contributed by atoms with Gasteiger partial charge in [0, 0.05) is 6.04 Å². The quantitative estimate of drug-likeness (QED) is 0.793. The smallest absolute Gasteiger partial charge is 0.164 e. The van der Waals surface area contributed by atoms with Gasteiger partial charge in [-0.1, -0.05) is 12.8 Å². The highest BCUT2D eigenvalue weighted by Gasteiger charge is 2.21. The molecule has 2 N–H and O–H groups in total. The number of aromatic amines is 1. The van der Waals surface area contributed by atoms with Crippen LogP contribution in [0.1, 0.15) is 44.3 Å². The van der Waals surface area contributed by atoms with Gasteiger partial charge in [0.1, 0.15) is 5.82 Å². The maximum absolute atomic E-state index is 4.28. The summed E-state index contributed by atoms with van der Waals surface area (Å²) in [6.45, 7) is 4.98. The number of aryl methyl sites for hydroxylation is 1. The Morgan fingerprint density at radius 3 is 2.80 bits per heavy atom. The Hall–Kier alpha value is -0.900. The first-order valence-electron chi connectivity index (χ1n) is 5.87. The molecule has 0 bridgehead atoms. The molecule has 1 fully saturated rings. The van der Waals surface area contributed by atoms with Gasteiger partial charge in [-0.15, -0.1) is 0 Å². The van der Waals surface area contributed by atoms with E-state index in [9.17, 15) is 0 Å². The van der Waals surface area contributed by atoms with Crippen molar-refractivity contribution in [1.82, 2.24) is 20.5 Å². The first kappa shape index (κ1) is 10.6. The topological polar surface area (TPSA) is 53.6 Å². The molecule has 0 spiro atoms. The number of rotatable bonds is 4. The summed E-state index contributed by atoms with van der Waals surface area (Å²) >= 11 is 0. The van der Waals surface area contributed by atoms with Crippen molar-refractivity contribution in [1.29, 1.82) is 0 Å². The van der Waals surface area contributed by atoms with E-state index in [0.29, 0.717) is 6.04 Å². The molecule has 1 saturated carbocycles. The third kappa shape index (κ3) is 2.78. The highest BCUT2D eigenvalue weighted by atomic mass is 15.2. The molecule has 1 aliphatic carbocycles. The van der Waals surface area contributed by atoms with E-state index in [2.05, 4.69) is 27.4 Å². The Labute approximate surface area is 90.9 Å². The molecule has 0 radical (unpaired) electrons. The average Bonchev–Trinajstić information content (AvgIpc) is 2.84. The van der Waals surface area contributed by atoms with E-state index in [0.717, 1.165) is 24.1 Å². The van der Waals surface area contributed by atoms with Gasteiger partial charge in [-0.3, -0.25) is 5.10 Å². The maximum atomic E-state index is 4.28. The van der Waals surface area contributed by atoms with Gasteiger partial charge in [0.15, 0.2) is 5.82 Å². The van der Waals surface area contributed by atoms with Crippen molar-refractivity contribution in [2.24, 2.45) is 5.92 Å². The predicted octanol–water partition coefficient (Wildman–Crippen LogP) is 1.78. The van der Waals surface area contributed by atoms with E-state index in [1.165, 1.54) is 25.7 Å². The lowest BCUT2D eigenvalue weighted by molar-refractivity contribution is 0.377. The van der Waals surface area contributed by atoms with Gasteiger partial charge in [0.2, 0.25) is 0 Å². The van der Waals surface area contributed by atoms with Crippen LogP contribution in [0.2, 0.25) is 0 Å². The normalized spacial score (nSPS) is 19.6. The Bertz CT molecular complexity index is 301. The summed E-state index contributed by atoms with van der Waals surface area (Å²) in [6, 6.07) is 0.589. The lowest BCUT2D eigenvalue weighted by Crippen LogP contribution is -2.32. The van der Waals surface area contributed by atoms with Gasteiger partial charge in [-0.2, -0.15) is 5.10 Å². The standard InChI is InChI=1S/C11H20N4/c1-8(10-5-3-4-6-10)12-7-11-13-9(2)14-15-11/h8,10,12H,3-7H2,1-2H3,(H,13,14,15). The van der Waals surface area contributed by atoms with Gasteiger partial charge in [-0.25, -0.2) is 4.98 Å². The molecular weight excluding hydrogens is 188 g/mol. The van der Waals surface area contributed by atoms with E-state index in [-0.39, 0.29) is 0 Å². The third-order valence-electron chi connectivity index (χ3n) is 3.33. The zero-order valence-corrected chi connectivity index (χ0v) is 9.58. The average molecular weight is 208 g/mol. The van der Waals surface area contributed by atoms with Crippen LogP contribution < -0.4 is 5.32 Å². The number of hydrogen-bond donors (Lipinski definition) is 2. The molecule has 0 aromatic carbocycles. The summed E-state index contributed by atoms with van der Waals surface area (Å²) < 4.78 is 0. The van der Waals surface area contributed by atoms with Crippen molar-refractivity contribution in [3.63, 3.8) is 0 Å². The Balaban J connectivity index is 1.77. The number of hydrogen-bond acceptors (Lipinski definition) is 3. The molecule has 2 rings (SSSR count). The monoisotopic (exact) mass is 208 g/mol. The minimum Gasteiger partial charge on any atom is -0.307 e. The molecule has 1 aromatic rings. The van der Waals surface area contributed by atoms with Crippen LogP contribution >= 0.6 is 0 Å². The van der Waals surface area contributed by atoms with Crippen LogP contribution in [0.25, 0.3) is 0 Å². The first-order valence-corrected chi connectivity index (χ1v) is 5.87. The Morgan fingerprint density at radius 2 is 2.20 bits per heavy atom. The van der Waals surface area contributed by atoms with E-state index < -0.39 is 0 Å². The highest BCUT2D eigenvalue weighted by molar-refractivity contribution is 4.88. The number of H-pyrrole nitrogens is 1. The van der Waals surface area contributed by atoms with E-state index >= 15 is 0 Å². The van der Waals surface area contributed by atoms with E-state index in [4.69, 9.17) is 0 Å². The van der Waals surface area contributed by atoms with Gasteiger partial charge in [0.05, 0.1) is 6.54 Å². The summed E-state index contributed by atoms with van der Waals surface area (Å²) in [5.74, 6) is 2.61. The van der Waals surface area contributed by atoms with Crippen LogP contribution in [0.4, 0.5) is 0 Å². The lowest BCUT2D eigenvalue weighted by Gasteiger charge is -2.19. The SMILES string of the molecule is Cc1nc(CNC(C)C2CCCC2)n[nH]1. The zero-order chi connectivity index (χ0) is 10.7. The molecule has 1 unspecified atom stereocenters. The summed E-state index contributed by atoms with van der Waals surface area (Å²) in [5, 5.41) is 10.5. The molecular formula is C11H20N4. The molecule has 4 heteroatoms. The van der Waals surface area contributed by atoms with Gasteiger partial charge in [0.25, 0.3) is 0 Å². The van der Waals surface area contributed by atoms with E-state index in [1.807, 2.05) is 6.92 Å². The van der Waals surface area contributed by atoms with Crippen molar-refractivity contribution in [2.45, 2.75) is 52.1 Å². The van der Waals surface area contributed by atoms with Gasteiger partial charge in [-0.05, 0) is 32.6 Å². The molecule has 15 heavy (non-hydrogen) atoms. The highest BCUT2D eigenvalue weighted by Crippen LogP contribution is 2.27. The van der Waals surface area contributed by atoms with Gasteiger partial charge < -0.3 is 5.32 Å². The molecule has 0 amide bonds. The van der Waals surface area contributed by atoms with Crippen molar-refractivity contribution in [3.05, 3.63) is 11.6 Å². The second-order valence-corrected chi connectivity index (χ2v) is 4.55.